The van der Waals surface area contributed by atoms with Gasteiger partial charge in [-0.3, -0.25) is 4.79 Å². The Hall–Kier alpha value is -1.44. The zero-order valence-electron chi connectivity index (χ0n) is 16.1. The molecule has 6 nitrogen and oxygen atoms in total. The summed E-state index contributed by atoms with van der Waals surface area (Å²) in [5, 5.41) is 3.20. The molecule has 0 spiro atoms. The number of sulfonamides is 1. The minimum Gasteiger partial charge on any atom is -0.339 e. The lowest BCUT2D eigenvalue weighted by atomic mass is 10.0. The molecule has 2 rings (SSSR count). The number of unbranched alkanes of at least 4 members (excludes halogenated alkanes) is 1. The summed E-state index contributed by atoms with van der Waals surface area (Å²) in [5.41, 5.74) is 1.10. The van der Waals surface area contributed by atoms with Gasteiger partial charge in [0.1, 0.15) is 0 Å². The molecule has 0 radical (unpaired) electrons. The molecule has 0 unspecified atom stereocenters. The maximum Gasteiger partial charge on any atom is 0.243 e. The van der Waals surface area contributed by atoms with Gasteiger partial charge in [0.15, 0.2) is 0 Å². The first-order valence-corrected chi connectivity index (χ1v) is 10.9. The predicted octanol–water partition coefficient (Wildman–Crippen LogP) is 2.03. The van der Waals surface area contributed by atoms with E-state index >= 15 is 0 Å². The molecule has 7 heteroatoms. The SMILES string of the molecule is CCCCN(CC(=O)N1CCNCC1)S(=O)(=O)c1ccc(C(C)C)cc1. The van der Waals surface area contributed by atoms with E-state index in [4.69, 9.17) is 0 Å². The first-order chi connectivity index (χ1) is 12.4. The zero-order chi connectivity index (χ0) is 19.2. The van der Waals surface area contributed by atoms with E-state index in [1.54, 1.807) is 17.0 Å². The molecule has 0 aliphatic carbocycles. The highest BCUT2D eigenvalue weighted by Crippen LogP contribution is 2.21. The van der Waals surface area contributed by atoms with Gasteiger partial charge in [0.25, 0.3) is 0 Å². The molecule has 1 heterocycles. The zero-order valence-corrected chi connectivity index (χ0v) is 16.9. The Morgan fingerprint density at radius 2 is 1.81 bits per heavy atom. The molecule has 0 bridgehead atoms. The number of carbonyl (C=O) groups is 1. The second-order valence-electron chi connectivity index (χ2n) is 7.05. The van der Waals surface area contributed by atoms with Crippen LogP contribution >= 0.6 is 0 Å². The summed E-state index contributed by atoms with van der Waals surface area (Å²) < 4.78 is 27.5. The van der Waals surface area contributed by atoms with Gasteiger partial charge in [0.2, 0.25) is 15.9 Å². The van der Waals surface area contributed by atoms with Crippen molar-refractivity contribution in [2.24, 2.45) is 0 Å². The Morgan fingerprint density at radius 1 is 1.19 bits per heavy atom. The van der Waals surface area contributed by atoms with Gasteiger partial charge < -0.3 is 10.2 Å². The van der Waals surface area contributed by atoms with Crippen LogP contribution in [0.25, 0.3) is 0 Å². The molecule has 1 aliphatic heterocycles. The van der Waals surface area contributed by atoms with E-state index in [9.17, 15) is 13.2 Å². The summed E-state index contributed by atoms with van der Waals surface area (Å²) in [6, 6.07) is 7.01. The van der Waals surface area contributed by atoms with E-state index in [0.29, 0.717) is 25.6 Å². The van der Waals surface area contributed by atoms with Gasteiger partial charge in [-0.05, 0) is 30.0 Å². The van der Waals surface area contributed by atoms with E-state index in [1.165, 1.54) is 4.31 Å². The largest absolute Gasteiger partial charge is 0.339 e. The number of amides is 1. The van der Waals surface area contributed by atoms with Crippen molar-refractivity contribution >= 4 is 15.9 Å². The van der Waals surface area contributed by atoms with Gasteiger partial charge in [-0.2, -0.15) is 4.31 Å². The van der Waals surface area contributed by atoms with Crippen molar-refractivity contribution in [3.05, 3.63) is 29.8 Å². The van der Waals surface area contributed by atoms with Crippen molar-refractivity contribution in [3.8, 4) is 0 Å². The number of rotatable bonds is 8. The van der Waals surface area contributed by atoms with Crippen LogP contribution in [0.1, 0.15) is 45.1 Å². The normalized spacial score (nSPS) is 15.7. The number of nitrogens with one attached hydrogen (secondary N) is 1. The number of hydrogen-bond donors (Lipinski definition) is 1. The van der Waals surface area contributed by atoms with Crippen LogP contribution in [0.3, 0.4) is 0 Å². The first kappa shape index (κ1) is 20.9. The maximum absolute atomic E-state index is 13.1. The smallest absolute Gasteiger partial charge is 0.243 e. The number of piperazine rings is 1. The van der Waals surface area contributed by atoms with Crippen molar-refractivity contribution in [3.63, 3.8) is 0 Å². The molecule has 0 aromatic heterocycles. The third-order valence-corrected chi connectivity index (χ3v) is 6.59. The highest BCUT2D eigenvalue weighted by atomic mass is 32.2. The second-order valence-corrected chi connectivity index (χ2v) is 8.98. The van der Waals surface area contributed by atoms with Gasteiger partial charge in [0.05, 0.1) is 11.4 Å². The van der Waals surface area contributed by atoms with Gasteiger partial charge >= 0.3 is 0 Å². The number of carbonyl (C=O) groups excluding carboxylic acids is 1. The van der Waals surface area contributed by atoms with Crippen LogP contribution in [0, 0.1) is 0 Å². The van der Waals surface area contributed by atoms with Crippen molar-refractivity contribution in [1.82, 2.24) is 14.5 Å². The quantitative estimate of drug-likeness (QED) is 0.748. The molecule has 1 aromatic rings. The topological polar surface area (TPSA) is 69.7 Å². The number of nitrogens with zero attached hydrogens (tertiary/aromatic N) is 2. The average Bonchev–Trinajstić information content (AvgIpc) is 2.65. The monoisotopic (exact) mass is 381 g/mol. The van der Waals surface area contributed by atoms with Gasteiger partial charge in [-0.25, -0.2) is 8.42 Å². The highest BCUT2D eigenvalue weighted by molar-refractivity contribution is 7.89. The van der Waals surface area contributed by atoms with Gasteiger partial charge in [-0.15, -0.1) is 0 Å². The molecule has 1 aliphatic rings. The fourth-order valence-electron chi connectivity index (χ4n) is 2.96. The van der Waals surface area contributed by atoms with E-state index in [1.807, 2.05) is 19.1 Å². The fourth-order valence-corrected chi connectivity index (χ4v) is 4.39. The molecule has 1 fully saturated rings. The number of benzene rings is 1. The second kappa shape index (κ2) is 9.48. The Morgan fingerprint density at radius 3 is 2.35 bits per heavy atom. The molecular formula is C19H31N3O3S. The van der Waals surface area contributed by atoms with Gasteiger partial charge in [-0.1, -0.05) is 39.3 Å². The Kier molecular flexibility index (Phi) is 7.61. The first-order valence-electron chi connectivity index (χ1n) is 9.45. The fraction of sp³-hybridized carbons (Fsp3) is 0.632. The van der Waals surface area contributed by atoms with Crippen molar-refractivity contribution in [2.45, 2.75) is 44.4 Å². The summed E-state index contributed by atoms with van der Waals surface area (Å²) in [7, 11) is -3.68. The molecule has 1 amide bonds. The van der Waals surface area contributed by atoms with E-state index < -0.39 is 10.0 Å². The van der Waals surface area contributed by atoms with E-state index in [0.717, 1.165) is 31.5 Å². The molecule has 1 N–H and O–H groups in total. The van der Waals surface area contributed by atoms with E-state index in [2.05, 4.69) is 19.2 Å². The highest BCUT2D eigenvalue weighted by Gasteiger charge is 2.28. The standard InChI is InChI=1S/C19H31N3O3S/c1-4-5-12-22(15-19(23)21-13-10-20-11-14-21)26(24,25)18-8-6-17(7-9-18)16(2)3/h6-9,16,20H,4-5,10-15H2,1-3H3. The minimum atomic E-state index is -3.68. The summed E-state index contributed by atoms with van der Waals surface area (Å²) in [6.07, 6.45) is 1.61. The van der Waals surface area contributed by atoms with Crippen LogP contribution in [0.4, 0.5) is 0 Å². The third kappa shape index (κ3) is 5.28. The van der Waals surface area contributed by atoms with Crippen molar-refractivity contribution in [1.29, 1.82) is 0 Å². The van der Waals surface area contributed by atoms with Crippen molar-refractivity contribution in [2.75, 3.05) is 39.3 Å². The summed E-state index contributed by atoms with van der Waals surface area (Å²) >= 11 is 0. The Labute approximate surface area is 157 Å². The minimum absolute atomic E-state index is 0.0890. The molecular weight excluding hydrogens is 350 g/mol. The lowest BCUT2D eigenvalue weighted by molar-refractivity contribution is -0.131. The van der Waals surface area contributed by atoms with Crippen LogP contribution in [0.15, 0.2) is 29.2 Å². The summed E-state index contributed by atoms with van der Waals surface area (Å²) in [6.45, 7) is 9.20. The summed E-state index contributed by atoms with van der Waals surface area (Å²) in [5.74, 6) is 0.224. The Balaban J connectivity index is 2.18. The number of hydrogen-bond acceptors (Lipinski definition) is 4. The lowest BCUT2D eigenvalue weighted by Gasteiger charge is -2.30. The molecule has 1 saturated heterocycles. The predicted molar refractivity (Wildman–Crippen MR) is 104 cm³/mol. The molecule has 0 atom stereocenters. The average molecular weight is 382 g/mol. The molecule has 0 saturated carbocycles. The van der Waals surface area contributed by atoms with Crippen LogP contribution in [-0.2, 0) is 14.8 Å². The van der Waals surface area contributed by atoms with Crippen LogP contribution in [-0.4, -0.2) is 62.8 Å². The third-order valence-electron chi connectivity index (χ3n) is 4.73. The van der Waals surface area contributed by atoms with Gasteiger partial charge in [0, 0.05) is 32.7 Å². The van der Waals surface area contributed by atoms with Crippen LogP contribution in [0.2, 0.25) is 0 Å². The maximum atomic E-state index is 13.1. The molecule has 146 valence electrons. The Bertz CT molecular complexity index is 680. The lowest BCUT2D eigenvalue weighted by Crippen LogP contribution is -2.50. The van der Waals surface area contributed by atoms with Crippen LogP contribution < -0.4 is 5.32 Å². The molecule has 1 aromatic carbocycles. The molecule has 26 heavy (non-hydrogen) atoms. The summed E-state index contributed by atoms with van der Waals surface area (Å²) in [4.78, 5) is 14.6. The van der Waals surface area contributed by atoms with Crippen molar-refractivity contribution < 1.29 is 13.2 Å². The van der Waals surface area contributed by atoms with E-state index in [-0.39, 0.29) is 17.3 Å². The van der Waals surface area contributed by atoms with Crippen LogP contribution in [0.5, 0.6) is 0 Å².